The summed E-state index contributed by atoms with van der Waals surface area (Å²) in [4.78, 5) is 25.7. The average Bonchev–Trinajstić information content (AvgIpc) is 3.28. The lowest BCUT2D eigenvalue weighted by Crippen LogP contribution is -2.44. The van der Waals surface area contributed by atoms with E-state index in [1.165, 1.54) is 0 Å². The van der Waals surface area contributed by atoms with E-state index in [-0.39, 0.29) is 23.3 Å². The van der Waals surface area contributed by atoms with Gasteiger partial charge in [-0.3, -0.25) is 14.7 Å². The molecular weight excluding hydrogens is 354 g/mol. The molecule has 1 unspecified atom stereocenters. The zero-order valence-corrected chi connectivity index (χ0v) is 17.0. The van der Waals surface area contributed by atoms with Crippen molar-refractivity contribution in [2.45, 2.75) is 51.5 Å². The van der Waals surface area contributed by atoms with E-state index in [0.29, 0.717) is 12.3 Å². The number of nitrogens with zero attached hydrogens (tertiary/aromatic N) is 5. The lowest BCUT2D eigenvalue weighted by molar-refractivity contribution is -0.132. The molecule has 0 saturated carbocycles. The Kier molecular flexibility index (Phi) is 5.19. The zero-order chi connectivity index (χ0) is 19.7. The fraction of sp³-hybridized carbons (Fsp3) is 0.619. The second-order valence-corrected chi connectivity index (χ2v) is 8.69. The first-order valence-corrected chi connectivity index (χ1v) is 10.2. The van der Waals surface area contributed by atoms with Gasteiger partial charge >= 0.3 is 0 Å². The van der Waals surface area contributed by atoms with Gasteiger partial charge in [-0.05, 0) is 49.4 Å². The van der Waals surface area contributed by atoms with Crippen molar-refractivity contribution in [1.29, 1.82) is 0 Å². The third kappa shape index (κ3) is 3.81. The van der Waals surface area contributed by atoms with E-state index in [2.05, 4.69) is 40.9 Å². The van der Waals surface area contributed by atoms with Crippen molar-refractivity contribution in [3.05, 3.63) is 41.8 Å². The Labute approximate surface area is 166 Å². The summed E-state index contributed by atoms with van der Waals surface area (Å²) in [6.07, 6.45) is 7.04. The smallest absolute Gasteiger partial charge is 0.229 e. The van der Waals surface area contributed by atoms with Gasteiger partial charge in [-0.1, -0.05) is 19.0 Å². The Morgan fingerprint density at radius 2 is 2.00 bits per heavy atom. The number of rotatable bonds is 4. The first kappa shape index (κ1) is 19.1. The molecule has 0 radical (unpaired) electrons. The number of likely N-dealkylation sites (tertiary alicyclic amines) is 2. The molecule has 4 heterocycles. The molecule has 1 amide bonds. The van der Waals surface area contributed by atoms with E-state index in [1.54, 1.807) is 12.4 Å². The largest absolute Gasteiger partial charge is 0.342 e. The summed E-state index contributed by atoms with van der Waals surface area (Å²) >= 11 is 0. The Bertz CT molecular complexity index is 811. The highest BCUT2D eigenvalue weighted by atomic mass is 16.5. The topological polar surface area (TPSA) is 75.4 Å². The molecule has 0 aliphatic carbocycles. The molecule has 28 heavy (non-hydrogen) atoms. The van der Waals surface area contributed by atoms with E-state index < -0.39 is 0 Å². The van der Waals surface area contributed by atoms with Gasteiger partial charge in [-0.2, -0.15) is 4.98 Å². The standard InChI is InChI=1S/C21H29N5O2/c1-15(2)20-23-19(24-28-20)17-13-21(14-25(17)3)6-10-26(11-7-21)18(27)12-16-4-8-22-9-5-16/h4-5,8-9,15,17H,6-7,10-14H2,1-3H3. The molecule has 7 heteroatoms. The number of amides is 1. The third-order valence-electron chi connectivity index (χ3n) is 6.27. The average molecular weight is 383 g/mol. The summed E-state index contributed by atoms with van der Waals surface area (Å²) < 4.78 is 5.42. The Hall–Kier alpha value is -2.28. The van der Waals surface area contributed by atoms with E-state index in [0.717, 1.165) is 50.3 Å². The number of carbonyl (C=O) groups is 1. The molecule has 1 atom stereocenters. The summed E-state index contributed by atoms with van der Waals surface area (Å²) in [6.45, 7) is 6.81. The van der Waals surface area contributed by atoms with Crippen molar-refractivity contribution >= 4 is 5.91 Å². The highest BCUT2D eigenvalue weighted by Gasteiger charge is 2.46. The van der Waals surface area contributed by atoms with Gasteiger partial charge < -0.3 is 9.42 Å². The second kappa shape index (κ2) is 7.62. The second-order valence-electron chi connectivity index (χ2n) is 8.69. The van der Waals surface area contributed by atoms with Crippen LogP contribution in [0.3, 0.4) is 0 Å². The predicted molar refractivity (Wildman–Crippen MR) is 105 cm³/mol. The van der Waals surface area contributed by atoms with Gasteiger partial charge in [0.1, 0.15) is 0 Å². The number of carbonyl (C=O) groups excluding carboxylic acids is 1. The SMILES string of the molecule is CC(C)c1nc(C2CC3(CCN(C(=O)Cc4ccncc4)CC3)CN2C)no1. The van der Waals surface area contributed by atoms with Crippen molar-refractivity contribution in [2.75, 3.05) is 26.7 Å². The van der Waals surface area contributed by atoms with Crippen LogP contribution < -0.4 is 0 Å². The van der Waals surface area contributed by atoms with Crippen LogP contribution in [0.15, 0.2) is 29.0 Å². The predicted octanol–water partition coefficient (Wildman–Crippen LogP) is 2.82. The molecule has 4 rings (SSSR count). The molecule has 2 aromatic heterocycles. The van der Waals surface area contributed by atoms with E-state index in [1.807, 2.05) is 17.0 Å². The van der Waals surface area contributed by atoms with Crippen LogP contribution in [0.1, 0.15) is 62.3 Å². The van der Waals surface area contributed by atoms with Crippen LogP contribution in [-0.4, -0.2) is 57.5 Å². The summed E-state index contributed by atoms with van der Waals surface area (Å²) in [6, 6.07) is 4.03. The molecule has 2 fully saturated rings. The minimum absolute atomic E-state index is 0.204. The summed E-state index contributed by atoms with van der Waals surface area (Å²) in [5.41, 5.74) is 1.27. The number of pyridine rings is 1. The molecule has 1 spiro atoms. The maximum Gasteiger partial charge on any atom is 0.229 e. The Balaban J connectivity index is 1.36. The molecule has 2 aliphatic rings. The highest BCUT2D eigenvalue weighted by molar-refractivity contribution is 5.78. The summed E-state index contributed by atoms with van der Waals surface area (Å²) in [5.74, 6) is 1.97. The molecule has 0 N–H and O–H groups in total. The van der Waals surface area contributed by atoms with E-state index >= 15 is 0 Å². The highest BCUT2D eigenvalue weighted by Crippen LogP contribution is 2.47. The van der Waals surface area contributed by atoms with Gasteiger partial charge in [-0.25, -0.2) is 0 Å². The lowest BCUT2D eigenvalue weighted by Gasteiger charge is -2.39. The van der Waals surface area contributed by atoms with Crippen molar-refractivity contribution in [2.24, 2.45) is 5.41 Å². The maximum atomic E-state index is 12.7. The van der Waals surface area contributed by atoms with Gasteiger partial charge in [0.05, 0.1) is 12.5 Å². The fourth-order valence-corrected chi connectivity index (χ4v) is 4.56. The zero-order valence-electron chi connectivity index (χ0n) is 17.0. The number of piperidine rings is 1. The van der Waals surface area contributed by atoms with Crippen molar-refractivity contribution in [3.8, 4) is 0 Å². The number of hydrogen-bond donors (Lipinski definition) is 0. The van der Waals surface area contributed by atoms with Crippen molar-refractivity contribution in [1.82, 2.24) is 24.9 Å². The van der Waals surface area contributed by atoms with Crippen LogP contribution in [0.5, 0.6) is 0 Å². The van der Waals surface area contributed by atoms with Crippen molar-refractivity contribution < 1.29 is 9.32 Å². The van der Waals surface area contributed by atoms with Crippen LogP contribution >= 0.6 is 0 Å². The molecule has 2 aromatic rings. The fourth-order valence-electron chi connectivity index (χ4n) is 4.56. The van der Waals surface area contributed by atoms with E-state index in [4.69, 9.17) is 4.52 Å². The van der Waals surface area contributed by atoms with Crippen LogP contribution in [0, 0.1) is 5.41 Å². The van der Waals surface area contributed by atoms with Gasteiger partial charge in [0.15, 0.2) is 5.82 Å². The minimum atomic E-state index is 0.204. The normalized spacial score (nSPS) is 22.3. The van der Waals surface area contributed by atoms with Gasteiger partial charge in [0.25, 0.3) is 0 Å². The Morgan fingerprint density at radius 3 is 2.64 bits per heavy atom. The third-order valence-corrected chi connectivity index (χ3v) is 6.27. The van der Waals surface area contributed by atoms with Crippen LogP contribution in [0.25, 0.3) is 0 Å². The first-order valence-electron chi connectivity index (χ1n) is 10.2. The van der Waals surface area contributed by atoms with Crippen molar-refractivity contribution in [3.63, 3.8) is 0 Å². The van der Waals surface area contributed by atoms with Crippen LogP contribution in [-0.2, 0) is 11.2 Å². The molecule has 0 bridgehead atoms. The summed E-state index contributed by atoms with van der Waals surface area (Å²) in [5, 5.41) is 4.24. The Morgan fingerprint density at radius 1 is 1.29 bits per heavy atom. The molecule has 0 aromatic carbocycles. The number of aromatic nitrogens is 3. The minimum Gasteiger partial charge on any atom is -0.342 e. The van der Waals surface area contributed by atoms with Gasteiger partial charge in [-0.15, -0.1) is 0 Å². The van der Waals surface area contributed by atoms with Gasteiger partial charge in [0.2, 0.25) is 11.8 Å². The maximum absolute atomic E-state index is 12.7. The van der Waals surface area contributed by atoms with Crippen LogP contribution in [0.2, 0.25) is 0 Å². The van der Waals surface area contributed by atoms with Gasteiger partial charge in [0, 0.05) is 37.9 Å². The molecule has 2 saturated heterocycles. The van der Waals surface area contributed by atoms with Crippen LogP contribution in [0.4, 0.5) is 0 Å². The molecule has 2 aliphatic heterocycles. The first-order chi connectivity index (χ1) is 13.5. The number of hydrogen-bond acceptors (Lipinski definition) is 6. The molecule has 7 nitrogen and oxygen atoms in total. The quantitative estimate of drug-likeness (QED) is 0.808. The summed E-state index contributed by atoms with van der Waals surface area (Å²) in [7, 11) is 2.14. The molecular formula is C21H29N5O2. The lowest BCUT2D eigenvalue weighted by atomic mass is 9.76. The molecule has 150 valence electrons. The monoisotopic (exact) mass is 383 g/mol. The van der Waals surface area contributed by atoms with E-state index in [9.17, 15) is 4.79 Å².